The number of carbonyl (C=O) groups excluding carboxylic acids is 1. The maximum absolute atomic E-state index is 12.2. The molecule has 0 aromatic heterocycles. The predicted molar refractivity (Wildman–Crippen MR) is 85.3 cm³/mol. The Balaban J connectivity index is 1.75. The van der Waals surface area contributed by atoms with Crippen LogP contribution in [0.25, 0.3) is 0 Å². The molecule has 122 valence electrons. The molecule has 1 spiro atoms. The average molecular weight is 296 g/mol. The number of hydrogen-bond acceptors (Lipinski definition) is 3. The topological polar surface area (TPSA) is 41.6 Å². The molecule has 1 amide bonds. The van der Waals surface area contributed by atoms with E-state index in [4.69, 9.17) is 4.74 Å². The molecule has 1 N–H and O–H groups in total. The van der Waals surface area contributed by atoms with Gasteiger partial charge in [-0.25, -0.2) is 0 Å². The second-order valence-corrected chi connectivity index (χ2v) is 6.66. The smallest absolute Gasteiger partial charge is 0.239 e. The Morgan fingerprint density at radius 1 is 1.24 bits per heavy atom. The molecule has 1 aliphatic heterocycles. The van der Waals surface area contributed by atoms with E-state index in [1.165, 1.54) is 38.5 Å². The number of ether oxygens (including phenoxy) is 1. The molecule has 0 radical (unpaired) electrons. The summed E-state index contributed by atoms with van der Waals surface area (Å²) in [6.07, 6.45) is 9.10. The van der Waals surface area contributed by atoms with Crippen LogP contribution in [0, 0.1) is 0 Å². The number of hydrogen-bond donors (Lipinski definition) is 1. The minimum atomic E-state index is -0.114. The molecule has 4 nitrogen and oxygen atoms in total. The van der Waals surface area contributed by atoms with Gasteiger partial charge in [0, 0.05) is 19.6 Å². The van der Waals surface area contributed by atoms with E-state index in [9.17, 15) is 4.79 Å². The fraction of sp³-hybridized carbons (Fsp3) is 0.941. The molecule has 0 aromatic carbocycles. The van der Waals surface area contributed by atoms with Crippen LogP contribution in [0.1, 0.15) is 65.7 Å². The highest BCUT2D eigenvalue weighted by Crippen LogP contribution is 2.41. The Morgan fingerprint density at radius 3 is 2.52 bits per heavy atom. The summed E-state index contributed by atoms with van der Waals surface area (Å²) in [7, 11) is 0. The maximum atomic E-state index is 12.2. The molecule has 2 unspecified atom stereocenters. The van der Waals surface area contributed by atoms with Crippen molar-refractivity contribution in [2.24, 2.45) is 0 Å². The van der Waals surface area contributed by atoms with E-state index >= 15 is 0 Å². The van der Waals surface area contributed by atoms with Crippen LogP contribution in [0.5, 0.6) is 0 Å². The highest BCUT2D eigenvalue weighted by atomic mass is 16.5. The SMILES string of the molecule is CCN(CC)C(=O)C(C)NCC1CCC2(CCCCC2)O1. The molecule has 0 bridgehead atoms. The van der Waals surface area contributed by atoms with E-state index in [1.54, 1.807) is 0 Å². The zero-order chi connectivity index (χ0) is 15.3. The lowest BCUT2D eigenvalue weighted by Crippen LogP contribution is -2.47. The van der Waals surface area contributed by atoms with Crippen LogP contribution in [-0.2, 0) is 9.53 Å². The summed E-state index contributed by atoms with van der Waals surface area (Å²) < 4.78 is 6.35. The summed E-state index contributed by atoms with van der Waals surface area (Å²) in [5.41, 5.74) is 0.177. The summed E-state index contributed by atoms with van der Waals surface area (Å²) in [4.78, 5) is 14.1. The lowest BCUT2D eigenvalue weighted by Gasteiger charge is -2.33. The second-order valence-electron chi connectivity index (χ2n) is 6.66. The van der Waals surface area contributed by atoms with Crippen molar-refractivity contribution in [1.29, 1.82) is 0 Å². The molecule has 2 atom stereocenters. The van der Waals surface area contributed by atoms with Gasteiger partial charge in [0.1, 0.15) is 0 Å². The first-order valence-electron chi connectivity index (χ1n) is 8.80. The Bertz CT molecular complexity index is 336. The summed E-state index contributed by atoms with van der Waals surface area (Å²) >= 11 is 0. The number of carbonyl (C=O) groups is 1. The summed E-state index contributed by atoms with van der Waals surface area (Å²) in [6.45, 7) is 8.39. The minimum absolute atomic E-state index is 0.114. The third kappa shape index (κ3) is 4.19. The molecule has 1 saturated heterocycles. The number of rotatable bonds is 6. The van der Waals surface area contributed by atoms with Crippen molar-refractivity contribution in [3.8, 4) is 0 Å². The van der Waals surface area contributed by atoms with E-state index in [2.05, 4.69) is 5.32 Å². The molecule has 0 aromatic rings. The molecule has 1 heterocycles. The van der Waals surface area contributed by atoms with Gasteiger partial charge in [-0.15, -0.1) is 0 Å². The molecule has 1 aliphatic carbocycles. The van der Waals surface area contributed by atoms with Gasteiger partial charge in [-0.3, -0.25) is 4.79 Å². The summed E-state index contributed by atoms with van der Waals surface area (Å²) in [5, 5.41) is 3.38. The second kappa shape index (κ2) is 7.59. The van der Waals surface area contributed by atoms with E-state index in [0.29, 0.717) is 0 Å². The van der Waals surface area contributed by atoms with Crippen LogP contribution >= 0.6 is 0 Å². The molecule has 4 heteroatoms. The normalized spacial score (nSPS) is 26.0. The fourth-order valence-corrected chi connectivity index (χ4v) is 3.81. The van der Waals surface area contributed by atoms with Crippen LogP contribution in [0.3, 0.4) is 0 Å². The van der Waals surface area contributed by atoms with Crippen LogP contribution in [0.15, 0.2) is 0 Å². The van der Waals surface area contributed by atoms with Crippen molar-refractivity contribution in [3.63, 3.8) is 0 Å². The lowest BCUT2D eigenvalue weighted by atomic mass is 9.83. The molecule has 2 aliphatic rings. The summed E-state index contributed by atoms with van der Waals surface area (Å²) in [6, 6.07) is -0.114. The van der Waals surface area contributed by atoms with Crippen LogP contribution in [0.4, 0.5) is 0 Å². The van der Waals surface area contributed by atoms with Crippen molar-refractivity contribution >= 4 is 5.91 Å². The minimum Gasteiger partial charge on any atom is -0.370 e. The Kier molecular flexibility index (Phi) is 6.06. The first kappa shape index (κ1) is 16.8. The molecule has 1 saturated carbocycles. The van der Waals surface area contributed by atoms with Gasteiger partial charge >= 0.3 is 0 Å². The quantitative estimate of drug-likeness (QED) is 0.819. The van der Waals surface area contributed by atoms with E-state index in [0.717, 1.165) is 26.1 Å². The highest BCUT2D eigenvalue weighted by Gasteiger charge is 2.40. The third-order valence-electron chi connectivity index (χ3n) is 5.20. The van der Waals surface area contributed by atoms with E-state index < -0.39 is 0 Å². The molecule has 2 rings (SSSR count). The standard InChI is InChI=1S/C17H32N2O2/c1-4-19(5-2)16(20)14(3)18-13-15-9-12-17(21-15)10-7-6-8-11-17/h14-15,18H,4-13H2,1-3H3. The van der Waals surface area contributed by atoms with E-state index in [1.807, 2.05) is 25.7 Å². The van der Waals surface area contributed by atoms with Gasteiger partial charge in [0.2, 0.25) is 5.91 Å². The number of likely N-dealkylation sites (N-methyl/N-ethyl adjacent to an activating group) is 1. The number of nitrogens with one attached hydrogen (secondary N) is 1. The van der Waals surface area contributed by atoms with Crippen molar-refractivity contribution in [1.82, 2.24) is 10.2 Å². The lowest BCUT2D eigenvalue weighted by molar-refractivity contribution is -0.132. The van der Waals surface area contributed by atoms with Crippen LogP contribution < -0.4 is 5.32 Å². The van der Waals surface area contributed by atoms with Crippen LogP contribution in [0.2, 0.25) is 0 Å². The zero-order valence-electron chi connectivity index (χ0n) is 14.0. The van der Waals surface area contributed by atoms with Gasteiger partial charge in [-0.05, 0) is 46.5 Å². The Hall–Kier alpha value is -0.610. The first-order chi connectivity index (χ1) is 10.1. The third-order valence-corrected chi connectivity index (χ3v) is 5.20. The average Bonchev–Trinajstić information content (AvgIpc) is 2.89. The number of amides is 1. The molecular formula is C17H32N2O2. The van der Waals surface area contributed by atoms with Gasteiger partial charge in [-0.2, -0.15) is 0 Å². The monoisotopic (exact) mass is 296 g/mol. The molecular weight excluding hydrogens is 264 g/mol. The Labute approximate surface area is 129 Å². The molecule has 2 fully saturated rings. The van der Waals surface area contributed by atoms with Gasteiger partial charge in [-0.1, -0.05) is 19.3 Å². The zero-order valence-corrected chi connectivity index (χ0v) is 14.0. The maximum Gasteiger partial charge on any atom is 0.239 e. The van der Waals surface area contributed by atoms with Crippen molar-refractivity contribution in [2.45, 2.75) is 83.5 Å². The largest absolute Gasteiger partial charge is 0.370 e. The van der Waals surface area contributed by atoms with Crippen molar-refractivity contribution in [2.75, 3.05) is 19.6 Å². The van der Waals surface area contributed by atoms with E-state index in [-0.39, 0.29) is 23.7 Å². The Morgan fingerprint density at radius 2 is 1.90 bits per heavy atom. The van der Waals surface area contributed by atoms with Gasteiger partial charge in [0.05, 0.1) is 17.7 Å². The van der Waals surface area contributed by atoms with Crippen molar-refractivity contribution in [3.05, 3.63) is 0 Å². The van der Waals surface area contributed by atoms with Crippen LogP contribution in [-0.4, -0.2) is 48.2 Å². The fourth-order valence-electron chi connectivity index (χ4n) is 3.81. The highest BCUT2D eigenvalue weighted by molar-refractivity contribution is 5.81. The van der Waals surface area contributed by atoms with Crippen molar-refractivity contribution < 1.29 is 9.53 Å². The first-order valence-corrected chi connectivity index (χ1v) is 8.80. The molecule has 21 heavy (non-hydrogen) atoms. The van der Waals surface area contributed by atoms with Gasteiger partial charge < -0.3 is 15.0 Å². The predicted octanol–water partition coefficient (Wildman–Crippen LogP) is 2.71. The van der Waals surface area contributed by atoms with Gasteiger partial charge in [0.15, 0.2) is 0 Å². The number of nitrogens with zero attached hydrogens (tertiary/aromatic N) is 1. The summed E-state index contributed by atoms with van der Waals surface area (Å²) in [5.74, 6) is 0.199. The van der Waals surface area contributed by atoms with Gasteiger partial charge in [0.25, 0.3) is 0 Å².